The van der Waals surface area contributed by atoms with Crippen molar-refractivity contribution in [1.29, 1.82) is 0 Å². The predicted molar refractivity (Wildman–Crippen MR) is 126 cm³/mol. The van der Waals surface area contributed by atoms with Crippen LogP contribution >= 0.6 is 11.3 Å². The zero-order valence-electron chi connectivity index (χ0n) is 18.9. The highest BCUT2D eigenvalue weighted by molar-refractivity contribution is 7.09. The van der Waals surface area contributed by atoms with Crippen LogP contribution in [0.1, 0.15) is 41.9 Å². The molecule has 2 aliphatic rings. The van der Waals surface area contributed by atoms with Crippen LogP contribution in [0.15, 0.2) is 28.9 Å². The van der Waals surface area contributed by atoms with E-state index in [0.717, 1.165) is 74.8 Å². The summed E-state index contributed by atoms with van der Waals surface area (Å²) in [6, 6.07) is 3.93. The molecular weight excluding hydrogens is 424 g/mol. The van der Waals surface area contributed by atoms with E-state index in [1.807, 2.05) is 24.4 Å². The van der Waals surface area contributed by atoms with Gasteiger partial charge >= 0.3 is 0 Å². The minimum atomic E-state index is 0.124. The summed E-state index contributed by atoms with van der Waals surface area (Å²) in [7, 11) is 1.58. The van der Waals surface area contributed by atoms with Crippen molar-refractivity contribution in [2.24, 2.45) is 17.0 Å². The van der Waals surface area contributed by atoms with Gasteiger partial charge in [-0.25, -0.2) is 9.97 Å². The highest BCUT2D eigenvalue weighted by atomic mass is 32.1. The number of amides is 1. The van der Waals surface area contributed by atoms with Crippen LogP contribution in [-0.4, -0.2) is 64.7 Å². The maximum atomic E-state index is 13.2. The smallest absolute Gasteiger partial charge is 0.225 e. The van der Waals surface area contributed by atoms with Gasteiger partial charge in [0.2, 0.25) is 5.91 Å². The number of carbonyl (C=O) groups excluding carboxylic acids is 1. The molecule has 1 amide bonds. The van der Waals surface area contributed by atoms with Crippen LogP contribution in [-0.2, 0) is 16.2 Å². The molecule has 2 aromatic rings. The lowest BCUT2D eigenvalue weighted by Crippen LogP contribution is -2.46. The largest absolute Gasteiger partial charge is 0.399 e. The number of oxime groups is 1. The molecule has 0 bridgehead atoms. The fourth-order valence-electron chi connectivity index (χ4n) is 4.73. The van der Waals surface area contributed by atoms with Gasteiger partial charge in [0.25, 0.3) is 0 Å². The number of piperidine rings is 2. The Bertz CT molecular complexity index is 945. The van der Waals surface area contributed by atoms with Gasteiger partial charge in [0.1, 0.15) is 18.6 Å². The van der Waals surface area contributed by atoms with Crippen LogP contribution in [0.25, 0.3) is 0 Å². The molecule has 0 saturated carbocycles. The third-order valence-corrected chi connectivity index (χ3v) is 7.23. The van der Waals surface area contributed by atoms with Crippen LogP contribution in [0.4, 0.5) is 5.82 Å². The molecule has 172 valence electrons. The minimum Gasteiger partial charge on any atom is -0.399 e. The summed E-state index contributed by atoms with van der Waals surface area (Å²) >= 11 is 1.62. The Balaban J connectivity index is 1.27. The normalized spacial score (nSPS) is 19.3. The first-order valence-electron chi connectivity index (χ1n) is 11.3. The molecule has 4 rings (SSSR count). The fourth-order valence-corrected chi connectivity index (χ4v) is 5.34. The van der Waals surface area contributed by atoms with Gasteiger partial charge in [0.05, 0.1) is 10.7 Å². The summed E-state index contributed by atoms with van der Waals surface area (Å²) in [6.45, 7) is 6.26. The highest BCUT2D eigenvalue weighted by Crippen LogP contribution is 2.27. The van der Waals surface area contributed by atoms with Gasteiger partial charge in [-0.15, -0.1) is 11.3 Å². The van der Waals surface area contributed by atoms with E-state index in [1.54, 1.807) is 24.6 Å². The van der Waals surface area contributed by atoms with Crippen molar-refractivity contribution in [2.45, 2.75) is 39.2 Å². The zero-order valence-corrected chi connectivity index (χ0v) is 19.7. The van der Waals surface area contributed by atoms with E-state index in [0.29, 0.717) is 11.7 Å². The summed E-state index contributed by atoms with van der Waals surface area (Å²) in [4.78, 5) is 31.4. The van der Waals surface area contributed by atoms with Crippen LogP contribution in [0.5, 0.6) is 0 Å². The number of aryl methyl sites for hydroxylation is 1. The number of likely N-dealkylation sites (tertiary alicyclic amines) is 2. The molecule has 32 heavy (non-hydrogen) atoms. The SMILES string of the molecule is CO/N=C(/c1csc(C)n1)C1CCN(C(=O)C2CCN(Cc3ccnc(N)c3)CC2)CC1. The lowest BCUT2D eigenvalue weighted by Gasteiger charge is -2.37. The number of anilines is 1. The Hall–Kier alpha value is -2.52. The Kier molecular flexibility index (Phi) is 7.36. The third-order valence-electron chi connectivity index (χ3n) is 6.45. The number of thiazole rings is 1. The van der Waals surface area contributed by atoms with Crippen molar-refractivity contribution in [3.63, 3.8) is 0 Å². The second-order valence-corrected chi connectivity index (χ2v) is 9.71. The van der Waals surface area contributed by atoms with E-state index in [2.05, 4.69) is 24.9 Å². The molecule has 2 fully saturated rings. The van der Waals surface area contributed by atoms with Crippen molar-refractivity contribution < 1.29 is 9.63 Å². The average molecular weight is 457 g/mol. The molecule has 0 aliphatic carbocycles. The van der Waals surface area contributed by atoms with Crippen molar-refractivity contribution >= 4 is 28.8 Å². The summed E-state index contributed by atoms with van der Waals surface area (Å²) in [6.07, 6.45) is 5.37. The van der Waals surface area contributed by atoms with Crippen LogP contribution < -0.4 is 5.73 Å². The summed E-state index contributed by atoms with van der Waals surface area (Å²) in [5, 5.41) is 7.34. The Morgan fingerprint density at radius 3 is 2.56 bits per heavy atom. The quantitative estimate of drug-likeness (QED) is 0.530. The van der Waals surface area contributed by atoms with Gasteiger partial charge in [-0.1, -0.05) is 5.16 Å². The van der Waals surface area contributed by atoms with Gasteiger partial charge in [-0.05, 0) is 63.4 Å². The van der Waals surface area contributed by atoms with Gasteiger partial charge in [0.15, 0.2) is 0 Å². The van der Waals surface area contributed by atoms with E-state index in [-0.39, 0.29) is 11.8 Å². The summed E-state index contributed by atoms with van der Waals surface area (Å²) in [5.74, 6) is 1.26. The van der Waals surface area contributed by atoms with Crippen LogP contribution in [0.2, 0.25) is 0 Å². The summed E-state index contributed by atoms with van der Waals surface area (Å²) in [5.41, 5.74) is 8.78. The van der Waals surface area contributed by atoms with E-state index in [1.165, 1.54) is 5.56 Å². The topological polar surface area (TPSA) is 96.9 Å². The summed E-state index contributed by atoms with van der Waals surface area (Å²) < 4.78 is 0. The minimum absolute atomic E-state index is 0.124. The van der Waals surface area contributed by atoms with Gasteiger partial charge in [-0.2, -0.15) is 0 Å². The molecule has 2 aliphatic heterocycles. The first kappa shape index (κ1) is 22.7. The number of hydrogen-bond donors (Lipinski definition) is 1. The van der Waals surface area contributed by atoms with E-state index in [4.69, 9.17) is 10.6 Å². The molecule has 0 radical (unpaired) electrons. The maximum absolute atomic E-state index is 13.2. The number of hydrogen-bond acceptors (Lipinski definition) is 8. The molecule has 2 saturated heterocycles. The molecule has 0 spiro atoms. The second-order valence-electron chi connectivity index (χ2n) is 8.65. The molecule has 8 nitrogen and oxygen atoms in total. The molecule has 0 aromatic carbocycles. The Morgan fingerprint density at radius 2 is 1.94 bits per heavy atom. The standard InChI is InChI=1S/C23H32N6O2S/c1-16-26-20(15-32-16)22(27-31-2)18-6-11-29(12-7-18)23(30)19-4-9-28(10-5-19)14-17-3-8-25-21(24)13-17/h3,8,13,15,18-19H,4-7,9-12,14H2,1-2H3,(H2,24,25)/b27-22+. The average Bonchev–Trinajstić information content (AvgIpc) is 3.23. The zero-order chi connectivity index (χ0) is 22.5. The molecule has 2 N–H and O–H groups in total. The maximum Gasteiger partial charge on any atom is 0.225 e. The fraction of sp³-hybridized carbons (Fsp3) is 0.565. The molecule has 2 aromatic heterocycles. The van der Waals surface area contributed by atoms with Crippen molar-refractivity contribution in [1.82, 2.24) is 19.8 Å². The number of carbonyl (C=O) groups is 1. The monoisotopic (exact) mass is 456 g/mol. The molecule has 0 atom stereocenters. The second kappa shape index (κ2) is 10.4. The van der Waals surface area contributed by atoms with Gasteiger partial charge in [-0.3, -0.25) is 9.69 Å². The first-order chi connectivity index (χ1) is 15.5. The number of pyridine rings is 1. The lowest BCUT2D eigenvalue weighted by molar-refractivity contribution is -0.138. The van der Waals surface area contributed by atoms with Crippen LogP contribution in [0.3, 0.4) is 0 Å². The molecule has 0 unspecified atom stereocenters. The number of nitrogen functional groups attached to an aromatic ring is 1. The highest BCUT2D eigenvalue weighted by Gasteiger charge is 2.33. The molecule has 9 heteroatoms. The van der Waals surface area contributed by atoms with E-state index in [9.17, 15) is 4.79 Å². The van der Waals surface area contributed by atoms with Crippen molar-refractivity contribution in [2.75, 3.05) is 39.0 Å². The first-order valence-corrected chi connectivity index (χ1v) is 12.2. The van der Waals surface area contributed by atoms with Crippen molar-refractivity contribution in [3.05, 3.63) is 40.0 Å². The third kappa shape index (κ3) is 5.45. The lowest BCUT2D eigenvalue weighted by atomic mass is 9.88. The van der Waals surface area contributed by atoms with Gasteiger partial charge < -0.3 is 15.5 Å². The van der Waals surface area contributed by atoms with Crippen molar-refractivity contribution in [3.8, 4) is 0 Å². The molecular formula is C23H32N6O2S. The Morgan fingerprint density at radius 1 is 1.22 bits per heavy atom. The number of rotatable bonds is 6. The van der Waals surface area contributed by atoms with Gasteiger partial charge in [0, 0.05) is 43.0 Å². The number of aromatic nitrogens is 2. The number of nitrogens with two attached hydrogens (primary N) is 1. The number of nitrogens with zero attached hydrogens (tertiary/aromatic N) is 5. The molecule has 4 heterocycles. The Labute approximate surface area is 193 Å². The van der Waals surface area contributed by atoms with Crippen LogP contribution in [0, 0.1) is 18.8 Å². The van der Waals surface area contributed by atoms with E-state index >= 15 is 0 Å². The predicted octanol–water partition coefficient (Wildman–Crippen LogP) is 2.93. The van der Waals surface area contributed by atoms with E-state index < -0.39 is 0 Å².